The molecule has 3 heteroatoms. The topological polar surface area (TPSA) is 27.7 Å². The Labute approximate surface area is 228 Å². The molecule has 0 spiro atoms. The minimum absolute atomic E-state index is 0. The monoisotopic (exact) mass is 513 g/mol. The summed E-state index contributed by atoms with van der Waals surface area (Å²) in [4.78, 5) is 0. The highest BCUT2D eigenvalue weighted by molar-refractivity contribution is 4.77. The van der Waals surface area contributed by atoms with E-state index in [1.807, 2.05) is 0 Å². The molecule has 0 saturated carbocycles. The normalized spacial score (nSPS) is 11.3. The Morgan fingerprint density at radius 2 is 0.771 bits per heavy atom. The van der Waals surface area contributed by atoms with Crippen LogP contribution >= 0.6 is 0 Å². The van der Waals surface area contributed by atoms with E-state index in [1.54, 1.807) is 0 Å². The third-order valence-corrected chi connectivity index (χ3v) is 5.39. The van der Waals surface area contributed by atoms with Gasteiger partial charge in [0.25, 0.3) is 0 Å². The van der Waals surface area contributed by atoms with Gasteiger partial charge in [-0.2, -0.15) is 0 Å². The first-order valence-electron chi connectivity index (χ1n) is 12.7. The molecule has 2 atom stereocenters. The van der Waals surface area contributed by atoms with Crippen LogP contribution in [0.15, 0.2) is 0 Å². The minimum atomic E-state index is 0. The average molecular weight is 513 g/mol. The predicted molar refractivity (Wildman–Crippen MR) is 169 cm³/mol. The smallest absolute Gasteiger partial charge is 0.0566 e. The van der Waals surface area contributed by atoms with Crippen molar-refractivity contribution in [3.8, 4) is 0 Å². The number of ether oxygens (including phenoxy) is 3. The lowest BCUT2D eigenvalue weighted by Gasteiger charge is -2.32. The third kappa shape index (κ3) is 36.1. The highest BCUT2D eigenvalue weighted by Gasteiger charge is 2.29. The second-order valence-electron chi connectivity index (χ2n) is 9.03. The van der Waals surface area contributed by atoms with Crippen molar-refractivity contribution in [3.63, 3.8) is 0 Å². The van der Waals surface area contributed by atoms with Gasteiger partial charge in [-0.3, -0.25) is 0 Å². The zero-order chi connectivity index (χ0) is 22.4. The van der Waals surface area contributed by atoms with Crippen LogP contribution in [-0.4, -0.2) is 39.6 Å². The van der Waals surface area contributed by atoms with Gasteiger partial charge in [0.15, 0.2) is 0 Å². The summed E-state index contributed by atoms with van der Waals surface area (Å²) in [7, 11) is 0. The molecule has 0 bridgehead atoms. The first kappa shape index (κ1) is 55.4. The van der Waals surface area contributed by atoms with E-state index in [9.17, 15) is 0 Å². The molecular weight excluding hydrogens is 432 g/mol. The molecule has 0 radical (unpaired) electrons. The van der Waals surface area contributed by atoms with E-state index in [2.05, 4.69) is 55.4 Å². The van der Waals surface area contributed by atoms with Crippen molar-refractivity contribution in [1.29, 1.82) is 0 Å². The zero-order valence-electron chi connectivity index (χ0n) is 21.5. The van der Waals surface area contributed by atoms with E-state index < -0.39 is 0 Å². The van der Waals surface area contributed by atoms with Gasteiger partial charge in [-0.05, 0) is 43.9 Å². The van der Waals surface area contributed by atoms with Crippen molar-refractivity contribution in [2.24, 2.45) is 17.3 Å². The standard InChI is InChI=1S/C15H32O3.C11H24.6CH4/c1-5-9-16-12-15(8-4,13-17-10-6-2)14-18-11-7-3;1-5-7-10(3)9-11(4)8-6-2;;;;;;/h5-14H2,1-4H3;10-11H,5-9H2,1-4H3;6*1H4. The molecule has 0 aromatic heterocycles. The Balaban J connectivity index is -0.0000000637. The SMILES string of the molecule is C.C.C.C.C.C.CCCC(C)CC(C)CCC.CCCOCC(CC)(COCCC)COCCC. The molecule has 0 fully saturated rings. The maximum absolute atomic E-state index is 5.74. The fourth-order valence-corrected chi connectivity index (χ4v) is 3.64. The molecule has 226 valence electrons. The highest BCUT2D eigenvalue weighted by atomic mass is 16.5. The van der Waals surface area contributed by atoms with Gasteiger partial charge >= 0.3 is 0 Å². The van der Waals surface area contributed by atoms with Gasteiger partial charge in [-0.25, -0.2) is 0 Å². The van der Waals surface area contributed by atoms with Crippen LogP contribution in [0.3, 0.4) is 0 Å². The Morgan fingerprint density at radius 1 is 0.486 bits per heavy atom. The molecule has 0 aliphatic heterocycles. The Hall–Kier alpha value is -0.120. The molecule has 35 heavy (non-hydrogen) atoms. The molecule has 0 aliphatic carbocycles. The lowest BCUT2D eigenvalue weighted by molar-refractivity contribution is -0.0712. The zero-order valence-corrected chi connectivity index (χ0v) is 21.5. The van der Waals surface area contributed by atoms with E-state index in [1.165, 1.54) is 32.1 Å². The van der Waals surface area contributed by atoms with Gasteiger partial charge in [-0.1, -0.05) is 126 Å². The van der Waals surface area contributed by atoms with Gasteiger partial charge < -0.3 is 14.2 Å². The number of rotatable bonds is 19. The van der Waals surface area contributed by atoms with Crippen LogP contribution < -0.4 is 0 Å². The van der Waals surface area contributed by atoms with Crippen LogP contribution in [0.2, 0.25) is 0 Å². The first-order chi connectivity index (χ1) is 13.9. The van der Waals surface area contributed by atoms with Crippen LogP contribution in [0, 0.1) is 17.3 Å². The van der Waals surface area contributed by atoms with E-state index >= 15 is 0 Å². The molecule has 0 saturated heterocycles. The summed E-state index contributed by atoms with van der Waals surface area (Å²) in [6.45, 7) is 22.6. The lowest BCUT2D eigenvalue weighted by Crippen LogP contribution is -2.37. The van der Waals surface area contributed by atoms with Crippen molar-refractivity contribution in [3.05, 3.63) is 0 Å². The molecule has 0 amide bonds. The average Bonchev–Trinajstić information content (AvgIpc) is 2.69. The second-order valence-corrected chi connectivity index (χ2v) is 9.03. The molecule has 0 aliphatic rings. The molecule has 0 rings (SSSR count). The van der Waals surface area contributed by atoms with E-state index in [0.717, 1.165) is 77.2 Å². The lowest BCUT2D eigenvalue weighted by atomic mass is 9.88. The Morgan fingerprint density at radius 3 is 0.971 bits per heavy atom. The van der Waals surface area contributed by atoms with Crippen molar-refractivity contribution in [1.82, 2.24) is 0 Å². The predicted octanol–water partition coefficient (Wildman–Crippen LogP) is 11.7. The summed E-state index contributed by atoms with van der Waals surface area (Å²) in [5, 5.41) is 0. The highest BCUT2D eigenvalue weighted by Crippen LogP contribution is 2.24. The summed E-state index contributed by atoms with van der Waals surface area (Å²) in [6.07, 6.45) is 11.2. The van der Waals surface area contributed by atoms with Crippen LogP contribution in [0.5, 0.6) is 0 Å². The molecule has 2 unspecified atom stereocenters. The van der Waals surface area contributed by atoms with Crippen molar-refractivity contribution >= 4 is 0 Å². The molecule has 3 nitrogen and oxygen atoms in total. The van der Waals surface area contributed by atoms with Gasteiger partial charge in [0.1, 0.15) is 0 Å². The van der Waals surface area contributed by atoms with E-state index in [4.69, 9.17) is 14.2 Å². The Bertz CT molecular complexity index is 271. The van der Waals surface area contributed by atoms with Gasteiger partial charge in [0.2, 0.25) is 0 Å². The van der Waals surface area contributed by atoms with E-state index in [0.29, 0.717) is 0 Å². The number of hydrogen-bond acceptors (Lipinski definition) is 3. The molecular formula is C32H80O3. The minimum Gasteiger partial charge on any atom is -0.381 e. The fraction of sp³-hybridized carbons (Fsp3) is 1.00. The largest absolute Gasteiger partial charge is 0.381 e. The summed E-state index contributed by atoms with van der Waals surface area (Å²) >= 11 is 0. The van der Waals surface area contributed by atoms with Crippen LogP contribution in [0.25, 0.3) is 0 Å². The fourth-order valence-electron chi connectivity index (χ4n) is 3.64. The summed E-state index contributed by atoms with van der Waals surface area (Å²) in [5.41, 5.74) is 0.0273. The molecule has 0 aromatic carbocycles. The van der Waals surface area contributed by atoms with Crippen LogP contribution in [-0.2, 0) is 14.2 Å². The van der Waals surface area contributed by atoms with Gasteiger partial charge in [0, 0.05) is 25.2 Å². The molecule has 0 N–H and O–H groups in total. The number of hydrogen-bond donors (Lipinski definition) is 0. The maximum atomic E-state index is 5.74. The van der Waals surface area contributed by atoms with Crippen LogP contribution in [0.1, 0.15) is 158 Å². The van der Waals surface area contributed by atoms with E-state index in [-0.39, 0.29) is 50.0 Å². The molecule has 0 heterocycles. The van der Waals surface area contributed by atoms with Gasteiger partial charge in [0.05, 0.1) is 19.8 Å². The third-order valence-electron chi connectivity index (χ3n) is 5.39. The Kier molecular flexibility index (Phi) is 65.0. The second kappa shape index (κ2) is 41.0. The quantitative estimate of drug-likeness (QED) is 0.161. The summed E-state index contributed by atoms with van der Waals surface area (Å²) in [5.74, 6) is 1.89. The summed E-state index contributed by atoms with van der Waals surface area (Å²) < 4.78 is 17.2. The van der Waals surface area contributed by atoms with Crippen molar-refractivity contribution in [2.45, 2.75) is 158 Å². The van der Waals surface area contributed by atoms with Crippen molar-refractivity contribution in [2.75, 3.05) is 39.6 Å². The summed E-state index contributed by atoms with van der Waals surface area (Å²) in [6, 6.07) is 0. The van der Waals surface area contributed by atoms with Gasteiger partial charge in [-0.15, -0.1) is 0 Å². The molecule has 0 aromatic rings. The maximum Gasteiger partial charge on any atom is 0.0566 e. The van der Waals surface area contributed by atoms with Crippen molar-refractivity contribution < 1.29 is 14.2 Å². The first-order valence-corrected chi connectivity index (χ1v) is 12.7. The van der Waals surface area contributed by atoms with Crippen LogP contribution in [0.4, 0.5) is 0 Å².